The van der Waals surface area contributed by atoms with E-state index in [2.05, 4.69) is 15.0 Å². The number of halogens is 3. The van der Waals surface area contributed by atoms with E-state index in [0.29, 0.717) is 12.2 Å². The van der Waals surface area contributed by atoms with Crippen molar-refractivity contribution < 1.29 is 17.9 Å². The Balaban J connectivity index is 2.15. The number of rotatable bonds is 5. The molecule has 21 heavy (non-hydrogen) atoms. The van der Waals surface area contributed by atoms with Gasteiger partial charge in [-0.1, -0.05) is 6.07 Å². The van der Waals surface area contributed by atoms with Gasteiger partial charge in [-0.3, -0.25) is 4.98 Å². The molecule has 0 aliphatic carbocycles. The van der Waals surface area contributed by atoms with Gasteiger partial charge >= 0.3 is 6.61 Å². The SMILES string of the molecule is Cc1cccc(CNc2cc(OC(F)F)c(F)cc2N)n1. The molecule has 2 rings (SSSR count). The zero-order valence-electron chi connectivity index (χ0n) is 11.2. The highest BCUT2D eigenvalue weighted by Crippen LogP contribution is 2.29. The zero-order chi connectivity index (χ0) is 15.4. The van der Waals surface area contributed by atoms with Crippen molar-refractivity contribution in [2.75, 3.05) is 11.1 Å². The Kier molecular flexibility index (Phi) is 4.52. The molecule has 0 radical (unpaired) electrons. The summed E-state index contributed by atoms with van der Waals surface area (Å²) in [5.74, 6) is -1.49. The first-order valence-corrected chi connectivity index (χ1v) is 6.16. The molecule has 4 nitrogen and oxygen atoms in total. The second kappa shape index (κ2) is 6.34. The van der Waals surface area contributed by atoms with Crippen LogP contribution in [0.4, 0.5) is 24.5 Å². The monoisotopic (exact) mass is 297 g/mol. The molecule has 112 valence electrons. The molecule has 0 aliphatic rings. The van der Waals surface area contributed by atoms with Crippen LogP contribution in [0.3, 0.4) is 0 Å². The highest BCUT2D eigenvalue weighted by atomic mass is 19.3. The molecule has 3 N–H and O–H groups in total. The molecule has 1 aromatic heterocycles. The summed E-state index contributed by atoms with van der Waals surface area (Å²) in [6, 6.07) is 7.54. The zero-order valence-corrected chi connectivity index (χ0v) is 11.2. The minimum absolute atomic E-state index is 0.0989. The smallest absolute Gasteiger partial charge is 0.387 e. The molecule has 1 aromatic carbocycles. The largest absolute Gasteiger partial charge is 0.432 e. The number of ether oxygens (including phenoxy) is 1. The minimum Gasteiger partial charge on any atom is -0.432 e. The lowest BCUT2D eigenvalue weighted by Gasteiger charge is -2.12. The Labute approximate surface area is 119 Å². The molecule has 2 aromatic rings. The summed E-state index contributed by atoms with van der Waals surface area (Å²) in [4.78, 5) is 4.28. The van der Waals surface area contributed by atoms with Crippen LogP contribution in [0.2, 0.25) is 0 Å². The lowest BCUT2D eigenvalue weighted by molar-refractivity contribution is -0.0521. The highest BCUT2D eigenvalue weighted by Gasteiger charge is 2.13. The highest BCUT2D eigenvalue weighted by molar-refractivity contribution is 5.68. The van der Waals surface area contributed by atoms with Crippen LogP contribution in [0.25, 0.3) is 0 Å². The Morgan fingerprint density at radius 3 is 2.76 bits per heavy atom. The molecule has 7 heteroatoms. The minimum atomic E-state index is -3.10. The first-order chi connectivity index (χ1) is 9.95. The fourth-order valence-electron chi connectivity index (χ4n) is 1.79. The van der Waals surface area contributed by atoms with Crippen molar-refractivity contribution in [3.63, 3.8) is 0 Å². The molecule has 0 amide bonds. The topological polar surface area (TPSA) is 60.2 Å². The molecule has 0 fully saturated rings. The number of anilines is 2. The maximum absolute atomic E-state index is 13.4. The predicted molar refractivity (Wildman–Crippen MR) is 73.7 cm³/mol. The Bertz CT molecular complexity index is 635. The van der Waals surface area contributed by atoms with E-state index in [9.17, 15) is 13.2 Å². The second-order valence-electron chi connectivity index (χ2n) is 4.37. The molecule has 0 aliphatic heterocycles. The fourth-order valence-corrected chi connectivity index (χ4v) is 1.79. The van der Waals surface area contributed by atoms with Gasteiger partial charge in [0, 0.05) is 17.8 Å². The van der Waals surface area contributed by atoms with Crippen molar-refractivity contribution in [3.05, 3.63) is 47.5 Å². The Morgan fingerprint density at radius 1 is 1.33 bits per heavy atom. The average molecular weight is 297 g/mol. The van der Waals surface area contributed by atoms with Gasteiger partial charge in [0.2, 0.25) is 0 Å². The number of hydrogen-bond acceptors (Lipinski definition) is 4. The van der Waals surface area contributed by atoms with E-state index < -0.39 is 18.2 Å². The van der Waals surface area contributed by atoms with Gasteiger partial charge in [0.15, 0.2) is 11.6 Å². The van der Waals surface area contributed by atoms with Crippen LogP contribution in [0, 0.1) is 12.7 Å². The number of aryl methyl sites for hydroxylation is 1. The molecule has 0 spiro atoms. The van der Waals surface area contributed by atoms with Crippen molar-refractivity contribution in [2.24, 2.45) is 0 Å². The molecular weight excluding hydrogens is 283 g/mol. The third-order valence-electron chi connectivity index (χ3n) is 2.73. The van der Waals surface area contributed by atoms with Crippen molar-refractivity contribution in [1.29, 1.82) is 0 Å². The predicted octanol–water partition coefficient (Wildman–Crippen LogP) is 3.32. The average Bonchev–Trinajstić information content (AvgIpc) is 2.40. The summed E-state index contributed by atoms with van der Waals surface area (Å²) < 4.78 is 41.9. The number of nitrogens with one attached hydrogen (secondary N) is 1. The van der Waals surface area contributed by atoms with E-state index in [1.54, 1.807) is 6.07 Å². The van der Waals surface area contributed by atoms with Crippen molar-refractivity contribution in [1.82, 2.24) is 4.98 Å². The van der Waals surface area contributed by atoms with Crippen LogP contribution in [-0.4, -0.2) is 11.6 Å². The van der Waals surface area contributed by atoms with E-state index in [-0.39, 0.29) is 5.69 Å². The number of alkyl halides is 2. The van der Waals surface area contributed by atoms with Crippen LogP contribution in [0.1, 0.15) is 11.4 Å². The summed E-state index contributed by atoms with van der Waals surface area (Å²) in [5, 5.41) is 2.92. The number of nitrogens with two attached hydrogens (primary N) is 1. The van der Waals surface area contributed by atoms with Gasteiger partial charge in [-0.2, -0.15) is 8.78 Å². The lowest BCUT2D eigenvalue weighted by atomic mass is 10.2. The summed E-state index contributed by atoms with van der Waals surface area (Å²) in [6.45, 7) is -0.926. The third-order valence-corrected chi connectivity index (χ3v) is 2.73. The second-order valence-corrected chi connectivity index (χ2v) is 4.37. The van der Waals surface area contributed by atoms with Crippen LogP contribution < -0.4 is 15.8 Å². The summed E-state index contributed by atoms with van der Waals surface area (Å²) >= 11 is 0. The van der Waals surface area contributed by atoms with Crippen LogP contribution in [-0.2, 0) is 6.54 Å². The van der Waals surface area contributed by atoms with E-state index in [1.807, 2.05) is 19.1 Å². The quantitative estimate of drug-likeness (QED) is 0.831. The van der Waals surface area contributed by atoms with E-state index >= 15 is 0 Å². The van der Waals surface area contributed by atoms with Crippen molar-refractivity contribution in [3.8, 4) is 5.75 Å². The van der Waals surface area contributed by atoms with Gasteiger partial charge in [-0.15, -0.1) is 0 Å². The van der Waals surface area contributed by atoms with Crippen LogP contribution in [0.15, 0.2) is 30.3 Å². The Hall–Kier alpha value is -2.44. The van der Waals surface area contributed by atoms with Gasteiger partial charge in [-0.25, -0.2) is 4.39 Å². The summed E-state index contributed by atoms with van der Waals surface area (Å²) in [6.07, 6.45) is 0. The molecule has 0 saturated carbocycles. The lowest BCUT2D eigenvalue weighted by Crippen LogP contribution is -2.08. The summed E-state index contributed by atoms with van der Waals surface area (Å²) in [5.41, 5.74) is 7.64. The standard InChI is InChI=1S/C14H14F3N3O/c1-8-3-2-4-9(20-8)7-19-12-6-13(21-14(16)17)10(15)5-11(12)18/h2-6,14,19H,7,18H2,1H3. The van der Waals surface area contributed by atoms with Gasteiger partial charge < -0.3 is 15.8 Å². The molecule has 0 atom stereocenters. The fraction of sp³-hybridized carbons (Fsp3) is 0.214. The Morgan fingerprint density at radius 2 is 2.10 bits per heavy atom. The molecular formula is C14H14F3N3O. The summed E-state index contributed by atoms with van der Waals surface area (Å²) in [7, 11) is 0. The van der Waals surface area contributed by atoms with Gasteiger partial charge in [-0.05, 0) is 19.1 Å². The normalized spacial score (nSPS) is 10.7. The number of pyridine rings is 1. The number of nitrogen functional groups attached to an aromatic ring is 1. The van der Waals surface area contributed by atoms with Crippen molar-refractivity contribution >= 4 is 11.4 Å². The van der Waals surface area contributed by atoms with E-state index in [0.717, 1.165) is 23.5 Å². The van der Waals surface area contributed by atoms with Crippen LogP contribution in [0.5, 0.6) is 5.75 Å². The van der Waals surface area contributed by atoms with Gasteiger partial charge in [0.1, 0.15) is 0 Å². The maximum Gasteiger partial charge on any atom is 0.387 e. The maximum atomic E-state index is 13.4. The number of benzene rings is 1. The van der Waals surface area contributed by atoms with E-state index in [1.165, 1.54) is 0 Å². The van der Waals surface area contributed by atoms with Crippen molar-refractivity contribution in [2.45, 2.75) is 20.1 Å². The molecule has 0 unspecified atom stereocenters. The van der Waals surface area contributed by atoms with E-state index in [4.69, 9.17) is 5.73 Å². The first-order valence-electron chi connectivity index (χ1n) is 6.16. The van der Waals surface area contributed by atoms with Gasteiger partial charge in [0.05, 0.1) is 23.6 Å². The number of aromatic nitrogens is 1. The number of nitrogens with zero attached hydrogens (tertiary/aromatic N) is 1. The molecule has 1 heterocycles. The van der Waals surface area contributed by atoms with Crippen LogP contribution >= 0.6 is 0 Å². The first kappa shape index (κ1) is 15.0. The molecule has 0 bridgehead atoms. The van der Waals surface area contributed by atoms with Gasteiger partial charge in [0.25, 0.3) is 0 Å². The number of hydrogen-bond donors (Lipinski definition) is 2. The molecule has 0 saturated heterocycles. The third kappa shape index (κ3) is 4.01.